The maximum absolute atomic E-state index is 12.2. The quantitative estimate of drug-likeness (QED) is 0.570. The van der Waals surface area contributed by atoms with Crippen molar-refractivity contribution in [1.82, 2.24) is 14.5 Å². The van der Waals surface area contributed by atoms with Crippen molar-refractivity contribution < 1.29 is 4.79 Å². The number of primary amides is 1. The van der Waals surface area contributed by atoms with E-state index in [0.29, 0.717) is 22.2 Å². The molecule has 6 heteroatoms. The van der Waals surface area contributed by atoms with Crippen molar-refractivity contribution >= 4 is 39.5 Å². The first kappa shape index (κ1) is 17.7. The van der Waals surface area contributed by atoms with E-state index < -0.39 is 5.91 Å². The van der Waals surface area contributed by atoms with Crippen LogP contribution in [0.4, 0.5) is 5.82 Å². The van der Waals surface area contributed by atoms with Gasteiger partial charge in [0.2, 0.25) is 0 Å². The predicted octanol–water partition coefficient (Wildman–Crippen LogP) is 3.90. The average molecular weight is 371 g/mol. The Morgan fingerprint density at radius 2 is 1.75 bits per heavy atom. The van der Waals surface area contributed by atoms with E-state index in [0.717, 1.165) is 28.0 Å². The van der Waals surface area contributed by atoms with E-state index >= 15 is 0 Å². The maximum Gasteiger partial charge on any atom is 0.254 e. The number of benzene rings is 2. The SMILES string of the molecule is C=C(C)c1ccc2nc3c(nc2c1)c(C(N)=O)c(N)n3-c1c(C)cccc1C. The second kappa shape index (κ2) is 6.20. The van der Waals surface area contributed by atoms with Crippen LogP contribution in [0.25, 0.3) is 33.5 Å². The summed E-state index contributed by atoms with van der Waals surface area (Å²) in [7, 11) is 0. The summed E-state index contributed by atoms with van der Waals surface area (Å²) in [5.74, 6) is -0.382. The predicted molar refractivity (Wildman–Crippen MR) is 113 cm³/mol. The zero-order chi connectivity index (χ0) is 20.2. The van der Waals surface area contributed by atoms with Gasteiger partial charge in [-0.3, -0.25) is 9.36 Å². The van der Waals surface area contributed by atoms with Crippen LogP contribution in [0.5, 0.6) is 0 Å². The Morgan fingerprint density at radius 3 is 2.36 bits per heavy atom. The topological polar surface area (TPSA) is 99.8 Å². The van der Waals surface area contributed by atoms with Crippen molar-refractivity contribution in [1.29, 1.82) is 0 Å². The summed E-state index contributed by atoms with van der Waals surface area (Å²) in [6.45, 7) is 9.88. The number of aryl methyl sites for hydroxylation is 2. The van der Waals surface area contributed by atoms with Gasteiger partial charge in [0, 0.05) is 0 Å². The number of anilines is 1. The molecule has 0 aliphatic carbocycles. The lowest BCUT2D eigenvalue weighted by Gasteiger charge is -2.14. The van der Waals surface area contributed by atoms with Crippen LogP contribution in [-0.2, 0) is 0 Å². The fourth-order valence-electron chi connectivity index (χ4n) is 3.61. The molecule has 28 heavy (non-hydrogen) atoms. The molecule has 2 aromatic heterocycles. The third kappa shape index (κ3) is 2.53. The van der Waals surface area contributed by atoms with Gasteiger partial charge in [-0.1, -0.05) is 36.4 Å². The molecule has 2 aromatic carbocycles. The van der Waals surface area contributed by atoms with Crippen LogP contribution in [0.15, 0.2) is 43.0 Å². The van der Waals surface area contributed by atoms with Gasteiger partial charge in [-0.15, -0.1) is 0 Å². The number of nitrogens with zero attached hydrogens (tertiary/aromatic N) is 3. The Labute approximate surface area is 162 Å². The van der Waals surface area contributed by atoms with Crippen LogP contribution in [0.3, 0.4) is 0 Å². The number of hydrogen-bond donors (Lipinski definition) is 2. The summed E-state index contributed by atoms with van der Waals surface area (Å²) in [5.41, 5.74) is 19.3. The van der Waals surface area contributed by atoms with Crippen LogP contribution in [0, 0.1) is 13.8 Å². The van der Waals surface area contributed by atoms with E-state index in [2.05, 4.69) is 6.58 Å². The van der Waals surface area contributed by atoms with E-state index in [1.165, 1.54) is 0 Å². The van der Waals surface area contributed by atoms with Crippen molar-refractivity contribution in [2.24, 2.45) is 5.73 Å². The number of para-hydroxylation sites is 1. The number of nitrogens with two attached hydrogens (primary N) is 2. The number of hydrogen-bond acceptors (Lipinski definition) is 4. The van der Waals surface area contributed by atoms with Crippen LogP contribution in [-0.4, -0.2) is 20.4 Å². The first-order chi connectivity index (χ1) is 13.3. The number of fused-ring (bicyclic) bond motifs is 2. The van der Waals surface area contributed by atoms with Crippen LogP contribution in [0.2, 0.25) is 0 Å². The zero-order valence-electron chi connectivity index (χ0n) is 16.1. The van der Waals surface area contributed by atoms with Crippen molar-refractivity contribution in [2.45, 2.75) is 20.8 Å². The minimum Gasteiger partial charge on any atom is -0.384 e. The molecule has 0 atom stereocenters. The Hall–Kier alpha value is -3.67. The zero-order valence-corrected chi connectivity index (χ0v) is 16.1. The summed E-state index contributed by atoms with van der Waals surface area (Å²) in [6, 6.07) is 11.7. The highest BCUT2D eigenvalue weighted by Crippen LogP contribution is 2.33. The molecular weight excluding hydrogens is 350 g/mol. The van der Waals surface area contributed by atoms with Crippen molar-refractivity contribution in [3.63, 3.8) is 0 Å². The second-order valence-electron chi connectivity index (χ2n) is 7.08. The number of aromatic nitrogens is 3. The third-order valence-corrected chi connectivity index (χ3v) is 4.99. The number of nitrogen functional groups attached to an aromatic ring is 1. The van der Waals surface area contributed by atoms with E-state index in [1.54, 1.807) is 4.57 Å². The lowest BCUT2D eigenvalue weighted by atomic mass is 10.1. The lowest BCUT2D eigenvalue weighted by molar-refractivity contribution is 0.100. The fourth-order valence-corrected chi connectivity index (χ4v) is 3.61. The first-order valence-corrected chi connectivity index (χ1v) is 8.93. The molecular formula is C22H21N5O. The third-order valence-electron chi connectivity index (χ3n) is 4.99. The Morgan fingerprint density at radius 1 is 1.07 bits per heavy atom. The molecule has 0 aliphatic heterocycles. The second-order valence-corrected chi connectivity index (χ2v) is 7.08. The molecule has 1 amide bonds. The van der Waals surface area contributed by atoms with E-state index in [9.17, 15) is 4.79 Å². The summed E-state index contributed by atoms with van der Waals surface area (Å²) >= 11 is 0. The van der Waals surface area contributed by atoms with Gasteiger partial charge < -0.3 is 11.5 Å². The number of amides is 1. The Balaban J connectivity index is 2.17. The van der Waals surface area contributed by atoms with Crippen molar-refractivity contribution in [3.05, 3.63) is 65.2 Å². The molecule has 6 nitrogen and oxygen atoms in total. The smallest absolute Gasteiger partial charge is 0.254 e. The van der Waals surface area contributed by atoms with Gasteiger partial charge in [-0.05, 0) is 49.6 Å². The van der Waals surface area contributed by atoms with Gasteiger partial charge >= 0.3 is 0 Å². The summed E-state index contributed by atoms with van der Waals surface area (Å²) in [4.78, 5) is 21.7. The molecule has 0 saturated heterocycles. The van der Waals surface area contributed by atoms with Gasteiger partial charge in [0.25, 0.3) is 5.91 Å². The minimum atomic E-state index is -0.628. The molecule has 4 N–H and O–H groups in total. The van der Waals surface area contributed by atoms with Gasteiger partial charge in [0.05, 0.1) is 16.7 Å². The number of carbonyl (C=O) groups excluding carboxylic acids is 1. The largest absolute Gasteiger partial charge is 0.384 e. The minimum absolute atomic E-state index is 0.188. The summed E-state index contributed by atoms with van der Waals surface area (Å²) in [5, 5.41) is 0. The molecule has 2 heterocycles. The standard InChI is InChI=1S/C22H21N5O/c1-11(2)14-8-9-15-16(10-14)25-18-17(21(24)28)20(23)27(22(18)26-15)19-12(3)6-5-7-13(19)4/h5-10H,1,23H2,2-4H3,(H2,24,28). The van der Waals surface area contributed by atoms with Gasteiger partial charge in [-0.2, -0.15) is 0 Å². The van der Waals surface area contributed by atoms with Crippen molar-refractivity contribution in [3.8, 4) is 5.69 Å². The summed E-state index contributed by atoms with van der Waals surface area (Å²) < 4.78 is 1.78. The number of rotatable bonds is 3. The monoisotopic (exact) mass is 371 g/mol. The molecule has 0 aliphatic rings. The van der Waals surface area contributed by atoms with Gasteiger partial charge in [0.15, 0.2) is 5.65 Å². The first-order valence-electron chi connectivity index (χ1n) is 8.93. The van der Waals surface area contributed by atoms with E-state index in [4.69, 9.17) is 21.4 Å². The molecule has 4 rings (SSSR count). The highest BCUT2D eigenvalue weighted by molar-refractivity contribution is 6.10. The molecule has 0 saturated carbocycles. The Bertz CT molecular complexity index is 1280. The van der Waals surface area contributed by atoms with Crippen molar-refractivity contribution in [2.75, 3.05) is 5.73 Å². The molecule has 0 fully saturated rings. The van der Waals surface area contributed by atoms with Crippen LogP contribution >= 0.6 is 0 Å². The average Bonchev–Trinajstić information content (AvgIpc) is 2.90. The number of allylic oxidation sites excluding steroid dienone is 1. The van der Waals surface area contributed by atoms with Crippen LogP contribution < -0.4 is 11.5 Å². The fraction of sp³-hybridized carbons (Fsp3) is 0.136. The molecule has 4 aromatic rings. The van der Waals surface area contributed by atoms with E-state index in [-0.39, 0.29) is 11.4 Å². The summed E-state index contributed by atoms with van der Waals surface area (Å²) in [6.07, 6.45) is 0. The van der Waals surface area contributed by atoms with Gasteiger partial charge in [-0.25, -0.2) is 9.97 Å². The molecule has 0 radical (unpaired) electrons. The maximum atomic E-state index is 12.2. The van der Waals surface area contributed by atoms with E-state index in [1.807, 2.05) is 57.2 Å². The molecule has 0 unspecified atom stereocenters. The highest BCUT2D eigenvalue weighted by Gasteiger charge is 2.24. The normalized spacial score (nSPS) is 11.2. The van der Waals surface area contributed by atoms with Gasteiger partial charge in [0.1, 0.15) is 16.9 Å². The molecule has 0 spiro atoms. The van der Waals surface area contributed by atoms with Crippen LogP contribution in [0.1, 0.15) is 34.0 Å². The number of carbonyl (C=O) groups is 1. The molecule has 140 valence electrons. The Kier molecular flexibility index (Phi) is 3.92. The lowest BCUT2D eigenvalue weighted by Crippen LogP contribution is -2.14. The molecule has 0 bridgehead atoms. The highest BCUT2D eigenvalue weighted by atomic mass is 16.1.